The number of methoxy groups -OCH3 is 1. The molecule has 2 rings (SSSR count). The second-order valence-electron chi connectivity index (χ2n) is 4.70. The topological polar surface area (TPSA) is 82.1 Å². The second kappa shape index (κ2) is 8.47. The van der Waals surface area contributed by atoms with Gasteiger partial charge in [-0.3, -0.25) is 0 Å². The molecule has 0 aliphatic heterocycles. The molecule has 24 heavy (non-hydrogen) atoms. The molecule has 7 heteroatoms. The van der Waals surface area contributed by atoms with E-state index >= 15 is 0 Å². The molecule has 0 fully saturated rings. The second-order valence-corrected chi connectivity index (χ2v) is 5.62. The Labute approximate surface area is 147 Å². The number of carbonyl (C=O) groups is 2. The first-order valence-corrected chi connectivity index (χ1v) is 7.77. The minimum absolute atomic E-state index is 0.112. The normalized spacial score (nSPS) is 10.2. The van der Waals surface area contributed by atoms with Gasteiger partial charge < -0.3 is 19.3 Å². The van der Waals surface area contributed by atoms with Crippen molar-refractivity contribution < 1.29 is 28.9 Å². The van der Waals surface area contributed by atoms with Gasteiger partial charge in [-0.25, -0.2) is 9.59 Å². The Morgan fingerprint density at radius 2 is 1.79 bits per heavy atom. The van der Waals surface area contributed by atoms with E-state index in [1.807, 2.05) is 0 Å². The number of rotatable bonds is 7. The summed E-state index contributed by atoms with van der Waals surface area (Å²) in [4.78, 5) is 23.2. The van der Waals surface area contributed by atoms with Crippen LogP contribution in [0.4, 0.5) is 0 Å². The molecule has 0 saturated carbocycles. The van der Waals surface area contributed by atoms with Gasteiger partial charge in [0.2, 0.25) is 0 Å². The summed E-state index contributed by atoms with van der Waals surface area (Å²) < 4.78 is 16.4. The molecule has 0 amide bonds. The Hall–Kier alpha value is -2.38. The smallest absolute Gasteiger partial charge is 0.347 e. The maximum atomic E-state index is 12.4. The first-order chi connectivity index (χ1) is 11.5. The first-order valence-electron chi connectivity index (χ1n) is 6.98. The molecule has 2 aromatic rings. The number of ether oxygens (including phenoxy) is 3. The molecule has 0 spiro atoms. The van der Waals surface area contributed by atoms with Gasteiger partial charge in [0.1, 0.15) is 23.7 Å². The summed E-state index contributed by atoms with van der Waals surface area (Å²) in [6.07, 6.45) is 0. The number of aromatic carboxylic acids is 1. The van der Waals surface area contributed by atoms with Crippen LogP contribution in [0.1, 0.15) is 20.7 Å². The van der Waals surface area contributed by atoms with Crippen LogP contribution in [0.5, 0.6) is 11.5 Å². The summed E-state index contributed by atoms with van der Waals surface area (Å²) in [7, 11) is 1.56. The highest BCUT2D eigenvalue weighted by molar-refractivity contribution is 9.10. The SMILES string of the molecule is COCCOc1ccc(Br)cc1C(=O)Oc1ccc(C(=O)O)cc1. The summed E-state index contributed by atoms with van der Waals surface area (Å²) in [5, 5.41) is 8.87. The standard InChI is InChI=1S/C17H15BrO6/c1-22-8-9-23-15-7-4-12(18)10-14(15)17(21)24-13-5-2-11(3-6-13)16(19)20/h2-7,10H,8-9H2,1H3,(H,19,20). The van der Waals surface area contributed by atoms with Crippen molar-refractivity contribution in [2.45, 2.75) is 0 Å². The highest BCUT2D eigenvalue weighted by Crippen LogP contribution is 2.25. The molecule has 1 N–H and O–H groups in total. The predicted octanol–water partition coefficient (Wildman–Crippen LogP) is 3.39. The van der Waals surface area contributed by atoms with E-state index in [9.17, 15) is 9.59 Å². The number of halogens is 1. The third-order valence-electron chi connectivity index (χ3n) is 3.02. The summed E-state index contributed by atoms with van der Waals surface area (Å²) >= 11 is 3.30. The molecule has 126 valence electrons. The quantitative estimate of drug-likeness (QED) is 0.440. The molecule has 0 radical (unpaired) electrons. The maximum absolute atomic E-state index is 12.4. The number of carboxylic acid groups (broad SMARTS) is 1. The number of carbonyl (C=O) groups excluding carboxylic acids is 1. The zero-order chi connectivity index (χ0) is 17.5. The molecule has 6 nitrogen and oxygen atoms in total. The van der Waals surface area contributed by atoms with Crippen LogP contribution in [0.15, 0.2) is 46.9 Å². The Bertz CT molecular complexity index is 726. The van der Waals surface area contributed by atoms with E-state index in [0.717, 1.165) is 0 Å². The summed E-state index contributed by atoms with van der Waals surface area (Å²) in [6.45, 7) is 0.687. The lowest BCUT2D eigenvalue weighted by Crippen LogP contribution is -2.13. The van der Waals surface area contributed by atoms with Gasteiger partial charge >= 0.3 is 11.9 Å². The highest BCUT2D eigenvalue weighted by atomic mass is 79.9. The fraction of sp³-hybridized carbons (Fsp3) is 0.176. The Kier molecular flexibility index (Phi) is 6.34. The Morgan fingerprint density at radius 1 is 1.08 bits per heavy atom. The fourth-order valence-corrected chi connectivity index (χ4v) is 2.21. The van der Waals surface area contributed by atoms with E-state index in [0.29, 0.717) is 23.4 Å². The number of hydrogen-bond donors (Lipinski definition) is 1. The van der Waals surface area contributed by atoms with Gasteiger partial charge in [0.15, 0.2) is 0 Å². The van der Waals surface area contributed by atoms with Gasteiger partial charge in [-0.15, -0.1) is 0 Å². The molecule has 0 aromatic heterocycles. The largest absolute Gasteiger partial charge is 0.490 e. The number of hydrogen-bond acceptors (Lipinski definition) is 5. The average molecular weight is 395 g/mol. The van der Waals surface area contributed by atoms with Crippen molar-refractivity contribution in [2.75, 3.05) is 20.3 Å². The third-order valence-corrected chi connectivity index (χ3v) is 3.51. The number of carboxylic acids is 1. The Balaban J connectivity index is 2.15. The van der Waals surface area contributed by atoms with Crippen LogP contribution in [-0.2, 0) is 4.74 Å². The van der Waals surface area contributed by atoms with Crippen molar-refractivity contribution in [2.24, 2.45) is 0 Å². The van der Waals surface area contributed by atoms with Gasteiger partial charge in [-0.2, -0.15) is 0 Å². The van der Waals surface area contributed by atoms with Gasteiger partial charge in [0, 0.05) is 11.6 Å². The monoisotopic (exact) mass is 394 g/mol. The predicted molar refractivity (Wildman–Crippen MR) is 89.9 cm³/mol. The van der Waals surface area contributed by atoms with E-state index in [-0.39, 0.29) is 16.9 Å². The average Bonchev–Trinajstić information content (AvgIpc) is 2.56. The number of esters is 1. The molecular weight excluding hydrogens is 380 g/mol. The van der Waals surface area contributed by atoms with Gasteiger partial charge in [0.05, 0.1) is 12.2 Å². The van der Waals surface area contributed by atoms with Crippen molar-refractivity contribution >= 4 is 27.9 Å². The summed E-state index contributed by atoms with van der Waals surface area (Å²) in [6, 6.07) is 10.6. The molecule has 0 heterocycles. The molecule has 0 unspecified atom stereocenters. The van der Waals surface area contributed by atoms with E-state index in [2.05, 4.69) is 15.9 Å². The Morgan fingerprint density at radius 3 is 2.42 bits per heavy atom. The van der Waals surface area contributed by atoms with Crippen LogP contribution in [-0.4, -0.2) is 37.4 Å². The van der Waals surface area contributed by atoms with E-state index < -0.39 is 11.9 Å². The molecule has 2 aromatic carbocycles. The first kappa shape index (κ1) is 18.0. The van der Waals surface area contributed by atoms with Gasteiger partial charge in [-0.05, 0) is 42.5 Å². The van der Waals surface area contributed by atoms with Crippen LogP contribution in [0.25, 0.3) is 0 Å². The minimum atomic E-state index is -1.05. The lowest BCUT2D eigenvalue weighted by atomic mass is 10.2. The van der Waals surface area contributed by atoms with Crippen LogP contribution in [0.2, 0.25) is 0 Å². The zero-order valence-electron chi connectivity index (χ0n) is 12.8. The third kappa shape index (κ3) is 4.81. The minimum Gasteiger partial charge on any atom is -0.490 e. The van der Waals surface area contributed by atoms with Crippen LogP contribution < -0.4 is 9.47 Å². The molecule has 0 bridgehead atoms. The summed E-state index contributed by atoms with van der Waals surface area (Å²) in [5.74, 6) is -1.03. The van der Waals surface area contributed by atoms with Crippen LogP contribution >= 0.6 is 15.9 Å². The molecule has 0 aliphatic carbocycles. The van der Waals surface area contributed by atoms with Gasteiger partial charge in [-0.1, -0.05) is 15.9 Å². The van der Waals surface area contributed by atoms with Crippen molar-refractivity contribution in [3.05, 3.63) is 58.1 Å². The van der Waals surface area contributed by atoms with E-state index in [4.69, 9.17) is 19.3 Å². The van der Waals surface area contributed by atoms with Gasteiger partial charge in [0.25, 0.3) is 0 Å². The van der Waals surface area contributed by atoms with Crippen molar-refractivity contribution in [1.29, 1.82) is 0 Å². The number of benzene rings is 2. The summed E-state index contributed by atoms with van der Waals surface area (Å²) in [5.41, 5.74) is 0.364. The van der Waals surface area contributed by atoms with Crippen molar-refractivity contribution in [3.63, 3.8) is 0 Å². The van der Waals surface area contributed by atoms with E-state index in [1.165, 1.54) is 24.3 Å². The van der Waals surface area contributed by atoms with Crippen molar-refractivity contribution in [3.8, 4) is 11.5 Å². The fourth-order valence-electron chi connectivity index (χ4n) is 1.85. The lowest BCUT2D eigenvalue weighted by Gasteiger charge is -2.11. The van der Waals surface area contributed by atoms with Crippen molar-refractivity contribution in [1.82, 2.24) is 0 Å². The van der Waals surface area contributed by atoms with Crippen LogP contribution in [0.3, 0.4) is 0 Å². The maximum Gasteiger partial charge on any atom is 0.347 e. The molecule has 0 atom stereocenters. The zero-order valence-corrected chi connectivity index (χ0v) is 14.4. The lowest BCUT2D eigenvalue weighted by molar-refractivity contribution is 0.0696. The molecule has 0 aliphatic rings. The molecule has 0 saturated heterocycles. The molecular formula is C17H15BrO6. The van der Waals surface area contributed by atoms with Crippen LogP contribution in [0, 0.1) is 0 Å². The highest BCUT2D eigenvalue weighted by Gasteiger charge is 2.16. The van der Waals surface area contributed by atoms with E-state index in [1.54, 1.807) is 25.3 Å².